The van der Waals surface area contributed by atoms with Gasteiger partial charge in [0.25, 0.3) is 11.8 Å². The predicted octanol–water partition coefficient (Wildman–Crippen LogP) is 15.7. The minimum atomic E-state index is -4.11. The number of likely N-dealkylation sites (tertiary alicyclic amines) is 1. The standard InChI is InChI=1S/C36H46N4O6.C35H43F3N4O5/c1-5-26(6-2)38-35(42)39-28-13-18-32(33(24-28)44-4)45-30-16-11-27(12-17-30)37-34(41)25-9-14-31(15-10-25)46-36-20-7-8-29(19-21-36)40(36)22-23-43-3;1-4-25(5-2)40-34(44)41-27-11-16-31(32(23-27)45-3)47-29-14-9-26(10-15-29)39-33(43)24-7-12-28(13-8-24)46-30-17-21-42(22-18-30)20-6-19-35(36,37)38/h9-18,24,26,29H,5-8,19-23H2,1-4H3,(H,37,41)(H2,38,39,42);7-16,23,25,30H,4-6,17-22H2,1-3H3,(H,39,43)(H2,40,41,44). The number of hydrogen-bond acceptors (Lipinski definition) is 13. The molecule has 0 spiro atoms. The fraction of sp³-hybridized carbons (Fsp3) is 0.437. The second kappa shape index (κ2) is 34.3. The molecule has 93 heavy (non-hydrogen) atoms. The third kappa shape index (κ3) is 20.9. The van der Waals surface area contributed by atoms with Gasteiger partial charge in [0, 0.05) is 110 Å². The van der Waals surface area contributed by atoms with Gasteiger partial charge in [0.15, 0.2) is 28.7 Å². The molecule has 3 aliphatic heterocycles. The summed E-state index contributed by atoms with van der Waals surface area (Å²) in [5, 5.41) is 17.4. The molecule has 2 bridgehead atoms. The third-order valence-electron chi connectivity index (χ3n) is 17.0. The number of carbonyl (C=O) groups excluding carboxylic acids is 4. The van der Waals surface area contributed by atoms with Crippen molar-refractivity contribution < 1.29 is 65.5 Å². The van der Waals surface area contributed by atoms with Gasteiger partial charge in [-0.3, -0.25) is 14.5 Å². The quantitative estimate of drug-likeness (QED) is 0.0270. The van der Waals surface area contributed by atoms with Gasteiger partial charge in [0.2, 0.25) is 0 Å². The first-order valence-electron chi connectivity index (χ1n) is 32.2. The smallest absolute Gasteiger partial charge is 0.389 e. The summed E-state index contributed by atoms with van der Waals surface area (Å²) in [4.78, 5) is 55.0. The number of rotatable bonds is 28. The highest BCUT2D eigenvalue weighted by Crippen LogP contribution is 2.45. The molecule has 19 nitrogen and oxygen atoms in total. The number of nitrogens with one attached hydrogen (secondary N) is 6. The Morgan fingerprint density at radius 2 is 1.00 bits per heavy atom. The van der Waals surface area contributed by atoms with Crippen molar-refractivity contribution in [2.75, 3.05) is 75.4 Å². The van der Waals surface area contributed by atoms with Crippen LogP contribution in [0.5, 0.6) is 46.0 Å². The SMILES string of the molecule is CCC(CC)NC(=O)Nc1ccc(Oc2ccc(NC(=O)c3ccc(OC45CCCC(CC4)N5CCOC)cc3)cc2)c(OC)c1.CCC(CC)NC(=O)Nc1ccc(Oc2ccc(NC(=O)c3ccc(OC4CCN(CCCC(F)(F)F)CC4)cc3)cc2)c(OC)c1. The summed E-state index contributed by atoms with van der Waals surface area (Å²) in [5.41, 5.74) is 3.10. The molecule has 0 saturated carbocycles. The Morgan fingerprint density at radius 3 is 1.45 bits per heavy atom. The molecule has 9 rings (SSSR count). The molecule has 3 saturated heterocycles. The second-order valence-corrected chi connectivity index (χ2v) is 23.4. The summed E-state index contributed by atoms with van der Waals surface area (Å²) >= 11 is 0. The lowest BCUT2D eigenvalue weighted by molar-refractivity contribution is -0.136. The molecule has 500 valence electrons. The zero-order valence-corrected chi connectivity index (χ0v) is 54.3. The van der Waals surface area contributed by atoms with Gasteiger partial charge in [-0.2, -0.15) is 13.2 Å². The fourth-order valence-electron chi connectivity index (χ4n) is 11.7. The topological polar surface area (TPSA) is 212 Å². The van der Waals surface area contributed by atoms with Crippen molar-refractivity contribution in [1.82, 2.24) is 20.4 Å². The first kappa shape index (κ1) is 70.1. The van der Waals surface area contributed by atoms with Crippen LogP contribution in [0.3, 0.4) is 0 Å². The van der Waals surface area contributed by atoms with Gasteiger partial charge in [-0.05, 0) is 192 Å². The average Bonchev–Trinajstić information content (AvgIpc) is 1.63. The minimum absolute atomic E-state index is 0.0189. The molecule has 6 aromatic rings. The van der Waals surface area contributed by atoms with Crippen LogP contribution in [0.2, 0.25) is 0 Å². The lowest BCUT2D eigenvalue weighted by Gasteiger charge is -2.44. The molecular weight excluding hydrogens is 1200 g/mol. The molecular formula is C71H89F3N8O11. The van der Waals surface area contributed by atoms with Crippen LogP contribution >= 0.6 is 0 Å². The number of halogens is 3. The molecule has 22 heteroatoms. The zero-order chi connectivity index (χ0) is 66.3. The predicted molar refractivity (Wildman–Crippen MR) is 355 cm³/mol. The Labute approximate surface area is 543 Å². The lowest BCUT2D eigenvalue weighted by Crippen LogP contribution is -2.55. The molecule has 6 amide bonds. The summed E-state index contributed by atoms with van der Waals surface area (Å²) in [7, 11) is 4.80. The summed E-state index contributed by atoms with van der Waals surface area (Å²) in [6.45, 7) is 11.5. The highest BCUT2D eigenvalue weighted by atomic mass is 19.4. The summed E-state index contributed by atoms with van der Waals surface area (Å²) in [6, 6.07) is 38.8. The summed E-state index contributed by atoms with van der Waals surface area (Å²) < 4.78 is 78.2. The van der Waals surface area contributed by atoms with Gasteiger partial charge in [-0.25, -0.2) is 9.59 Å². The van der Waals surface area contributed by atoms with E-state index in [1.54, 1.807) is 136 Å². The number of methoxy groups -OCH3 is 3. The maximum absolute atomic E-state index is 13.0. The van der Waals surface area contributed by atoms with E-state index < -0.39 is 12.6 Å². The Balaban J connectivity index is 0.000000239. The van der Waals surface area contributed by atoms with Crippen molar-refractivity contribution in [2.45, 2.75) is 147 Å². The molecule has 3 heterocycles. The van der Waals surface area contributed by atoms with E-state index in [-0.39, 0.29) is 54.2 Å². The van der Waals surface area contributed by atoms with Crippen molar-refractivity contribution in [3.05, 3.63) is 145 Å². The van der Waals surface area contributed by atoms with Crippen LogP contribution in [0, 0.1) is 0 Å². The van der Waals surface area contributed by atoms with E-state index in [2.05, 4.69) is 36.8 Å². The Bertz CT molecular complexity index is 3340. The van der Waals surface area contributed by atoms with Crippen LogP contribution in [0.1, 0.15) is 132 Å². The van der Waals surface area contributed by atoms with Gasteiger partial charge < -0.3 is 70.0 Å². The van der Waals surface area contributed by atoms with Crippen LogP contribution in [-0.2, 0) is 4.74 Å². The average molecular weight is 1290 g/mol. The number of benzene rings is 6. The number of fused-ring (bicyclic) bond motifs is 2. The Kier molecular flexibility index (Phi) is 25.8. The van der Waals surface area contributed by atoms with E-state index in [4.69, 9.17) is 33.2 Å². The molecule has 2 unspecified atom stereocenters. The number of anilines is 4. The number of hydrogen-bond donors (Lipinski definition) is 6. The maximum Gasteiger partial charge on any atom is 0.389 e. The van der Waals surface area contributed by atoms with Crippen LogP contribution < -0.4 is 60.3 Å². The largest absolute Gasteiger partial charge is 0.493 e. The van der Waals surface area contributed by atoms with E-state index in [1.807, 2.05) is 44.7 Å². The number of amides is 6. The van der Waals surface area contributed by atoms with Crippen molar-refractivity contribution in [2.24, 2.45) is 0 Å². The number of urea groups is 2. The highest BCUT2D eigenvalue weighted by Gasteiger charge is 2.50. The van der Waals surface area contributed by atoms with Crippen molar-refractivity contribution in [1.29, 1.82) is 0 Å². The second-order valence-electron chi connectivity index (χ2n) is 23.4. The van der Waals surface area contributed by atoms with Gasteiger partial charge in [0.1, 0.15) is 29.1 Å². The van der Waals surface area contributed by atoms with E-state index >= 15 is 0 Å². The number of nitrogens with zero attached hydrogens (tertiary/aromatic N) is 2. The molecule has 6 aromatic carbocycles. The molecule has 0 radical (unpaired) electrons. The van der Waals surface area contributed by atoms with Crippen LogP contribution in [-0.4, -0.2) is 124 Å². The third-order valence-corrected chi connectivity index (χ3v) is 17.0. The first-order chi connectivity index (χ1) is 44.9. The van der Waals surface area contributed by atoms with E-state index in [0.29, 0.717) is 106 Å². The van der Waals surface area contributed by atoms with Crippen LogP contribution in [0.15, 0.2) is 133 Å². The van der Waals surface area contributed by atoms with Crippen LogP contribution in [0.4, 0.5) is 45.5 Å². The number of carbonyl (C=O) groups is 4. The fourth-order valence-corrected chi connectivity index (χ4v) is 11.7. The van der Waals surface area contributed by atoms with E-state index in [1.165, 1.54) is 13.5 Å². The lowest BCUT2D eigenvalue weighted by atomic mass is 9.99. The minimum Gasteiger partial charge on any atom is -0.493 e. The Hall–Kier alpha value is -8.73. The molecule has 6 N–H and O–H groups in total. The Morgan fingerprint density at radius 1 is 0.538 bits per heavy atom. The highest BCUT2D eigenvalue weighted by molar-refractivity contribution is 6.05. The first-order valence-corrected chi connectivity index (χ1v) is 32.2. The van der Waals surface area contributed by atoms with E-state index in [9.17, 15) is 32.3 Å². The van der Waals surface area contributed by atoms with Gasteiger partial charge in [0.05, 0.1) is 20.8 Å². The van der Waals surface area contributed by atoms with Gasteiger partial charge >= 0.3 is 18.2 Å². The molecule has 3 fully saturated rings. The van der Waals surface area contributed by atoms with Crippen molar-refractivity contribution in [3.8, 4) is 46.0 Å². The number of ether oxygens (including phenoxy) is 7. The number of alkyl halides is 3. The molecule has 0 aromatic heterocycles. The summed E-state index contributed by atoms with van der Waals surface area (Å²) in [6.07, 6.45) is 5.64. The molecule has 0 aliphatic carbocycles. The molecule has 2 atom stereocenters. The van der Waals surface area contributed by atoms with E-state index in [0.717, 1.165) is 76.5 Å². The normalized spacial score (nSPS) is 16.5. The zero-order valence-electron chi connectivity index (χ0n) is 54.3. The summed E-state index contributed by atoms with van der Waals surface area (Å²) in [5.74, 6) is 3.90. The van der Waals surface area contributed by atoms with Gasteiger partial charge in [-0.1, -0.05) is 27.7 Å². The van der Waals surface area contributed by atoms with Crippen molar-refractivity contribution >= 4 is 46.6 Å². The number of piperidine rings is 2. The monoisotopic (exact) mass is 1290 g/mol. The maximum atomic E-state index is 13.0. The van der Waals surface area contributed by atoms with Gasteiger partial charge in [-0.15, -0.1) is 0 Å². The van der Waals surface area contributed by atoms with Crippen molar-refractivity contribution in [3.63, 3.8) is 0 Å². The van der Waals surface area contributed by atoms with Crippen LogP contribution in [0.25, 0.3) is 0 Å². The molecule has 3 aliphatic rings.